The van der Waals surface area contributed by atoms with E-state index in [-0.39, 0.29) is 12.1 Å². The standard InChI is InChI=1S/C13H22N2O4/c1-3-13(11(16)17)4-5-15(9-13)12(18)14-6-7-19-10(2)8-14/h10H,3-9H2,1-2H3,(H,16,17). The first kappa shape index (κ1) is 14.1. The van der Waals surface area contributed by atoms with Crippen LogP contribution in [0.4, 0.5) is 4.79 Å². The second-order valence-electron chi connectivity index (χ2n) is 5.52. The number of rotatable bonds is 2. The molecule has 2 atom stereocenters. The molecule has 2 fully saturated rings. The number of aliphatic carboxylic acids is 1. The first-order chi connectivity index (χ1) is 8.98. The number of morpholine rings is 1. The van der Waals surface area contributed by atoms with Crippen molar-refractivity contribution < 1.29 is 19.4 Å². The minimum atomic E-state index is -0.791. The van der Waals surface area contributed by atoms with Gasteiger partial charge in [0.25, 0.3) is 0 Å². The predicted octanol–water partition coefficient (Wildman–Crippen LogP) is 1.01. The van der Waals surface area contributed by atoms with Crippen molar-refractivity contribution in [1.29, 1.82) is 0 Å². The molecule has 0 aromatic carbocycles. The lowest BCUT2D eigenvalue weighted by Gasteiger charge is -2.34. The monoisotopic (exact) mass is 270 g/mol. The van der Waals surface area contributed by atoms with E-state index in [4.69, 9.17) is 4.74 Å². The van der Waals surface area contributed by atoms with Crippen LogP contribution in [0.1, 0.15) is 26.7 Å². The highest BCUT2D eigenvalue weighted by Crippen LogP contribution is 2.34. The van der Waals surface area contributed by atoms with Crippen LogP contribution in [0.25, 0.3) is 0 Å². The van der Waals surface area contributed by atoms with E-state index in [1.165, 1.54) is 0 Å². The Morgan fingerprint density at radius 1 is 1.37 bits per heavy atom. The van der Waals surface area contributed by atoms with Gasteiger partial charge in [0.05, 0.1) is 18.1 Å². The molecule has 2 unspecified atom stereocenters. The molecule has 2 amide bonds. The molecule has 0 aromatic heterocycles. The highest BCUT2D eigenvalue weighted by Gasteiger charge is 2.45. The van der Waals surface area contributed by atoms with Crippen molar-refractivity contribution in [1.82, 2.24) is 9.80 Å². The van der Waals surface area contributed by atoms with Crippen molar-refractivity contribution in [2.45, 2.75) is 32.8 Å². The first-order valence-electron chi connectivity index (χ1n) is 6.87. The second-order valence-corrected chi connectivity index (χ2v) is 5.52. The number of nitrogens with zero attached hydrogens (tertiary/aromatic N) is 2. The molecule has 0 bridgehead atoms. The third-order valence-electron chi connectivity index (χ3n) is 4.27. The van der Waals surface area contributed by atoms with Crippen molar-refractivity contribution in [2.75, 3.05) is 32.8 Å². The number of amides is 2. The molecule has 0 aliphatic carbocycles. The van der Waals surface area contributed by atoms with Crippen LogP contribution in [-0.2, 0) is 9.53 Å². The molecule has 0 spiro atoms. The zero-order valence-corrected chi connectivity index (χ0v) is 11.6. The summed E-state index contributed by atoms with van der Waals surface area (Å²) in [7, 11) is 0. The van der Waals surface area contributed by atoms with Crippen LogP contribution in [0.15, 0.2) is 0 Å². The number of urea groups is 1. The minimum Gasteiger partial charge on any atom is -0.481 e. The molecule has 2 rings (SSSR count). The van der Waals surface area contributed by atoms with Crippen LogP contribution in [0, 0.1) is 5.41 Å². The average molecular weight is 270 g/mol. The van der Waals surface area contributed by atoms with Gasteiger partial charge in [-0.1, -0.05) is 6.92 Å². The van der Waals surface area contributed by atoms with E-state index in [2.05, 4.69) is 0 Å². The van der Waals surface area contributed by atoms with Crippen LogP contribution in [0.5, 0.6) is 0 Å². The number of carbonyl (C=O) groups excluding carboxylic acids is 1. The van der Waals surface area contributed by atoms with Crippen LogP contribution in [0.3, 0.4) is 0 Å². The molecule has 0 radical (unpaired) electrons. The topological polar surface area (TPSA) is 70.1 Å². The maximum absolute atomic E-state index is 12.4. The van der Waals surface area contributed by atoms with Gasteiger partial charge in [0.1, 0.15) is 0 Å². The fourth-order valence-electron chi connectivity index (χ4n) is 2.84. The summed E-state index contributed by atoms with van der Waals surface area (Å²) in [6.07, 6.45) is 1.16. The van der Waals surface area contributed by atoms with Crippen molar-refractivity contribution in [3.05, 3.63) is 0 Å². The molecular weight excluding hydrogens is 248 g/mol. The molecule has 0 saturated carbocycles. The number of ether oxygens (including phenoxy) is 1. The van der Waals surface area contributed by atoms with Crippen LogP contribution >= 0.6 is 0 Å². The normalized spacial score (nSPS) is 31.6. The second kappa shape index (κ2) is 5.36. The summed E-state index contributed by atoms with van der Waals surface area (Å²) in [5, 5.41) is 9.34. The van der Waals surface area contributed by atoms with Gasteiger partial charge in [0.2, 0.25) is 0 Å². The van der Waals surface area contributed by atoms with E-state index in [0.717, 1.165) is 0 Å². The van der Waals surface area contributed by atoms with E-state index >= 15 is 0 Å². The van der Waals surface area contributed by atoms with Crippen molar-refractivity contribution in [2.24, 2.45) is 5.41 Å². The number of carboxylic acids is 1. The van der Waals surface area contributed by atoms with Gasteiger partial charge in [-0.05, 0) is 19.8 Å². The lowest BCUT2D eigenvalue weighted by Crippen LogP contribution is -2.50. The Bertz CT molecular complexity index is 374. The maximum atomic E-state index is 12.4. The highest BCUT2D eigenvalue weighted by molar-refractivity contribution is 5.79. The molecular formula is C13H22N2O4. The van der Waals surface area contributed by atoms with Crippen LogP contribution in [-0.4, -0.2) is 65.8 Å². The summed E-state index contributed by atoms with van der Waals surface area (Å²) >= 11 is 0. The van der Waals surface area contributed by atoms with Crippen molar-refractivity contribution >= 4 is 12.0 Å². The van der Waals surface area contributed by atoms with E-state index in [1.807, 2.05) is 13.8 Å². The Balaban J connectivity index is 2.00. The summed E-state index contributed by atoms with van der Waals surface area (Å²) < 4.78 is 5.41. The lowest BCUT2D eigenvalue weighted by atomic mass is 9.84. The molecule has 2 aliphatic rings. The zero-order valence-electron chi connectivity index (χ0n) is 11.6. The van der Waals surface area contributed by atoms with E-state index in [0.29, 0.717) is 45.6 Å². The first-order valence-corrected chi connectivity index (χ1v) is 6.87. The van der Waals surface area contributed by atoms with Gasteiger partial charge < -0.3 is 19.6 Å². The third-order valence-corrected chi connectivity index (χ3v) is 4.27. The summed E-state index contributed by atoms with van der Waals surface area (Å²) in [6, 6.07) is -0.0493. The van der Waals surface area contributed by atoms with Crippen LogP contribution < -0.4 is 0 Å². The number of hydrogen-bond donors (Lipinski definition) is 1. The fourth-order valence-corrected chi connectivity index (χ4v) is 2.84. The molecule has 108 valence electrons. The molecule has 6 nitrogen and oxygen atoms in total. The minimum absolute atomic E-state index is 0.0493. The van der Waals surface area contributed by atoms with Gasteiger partial charge >= 0.3 is 12.0 Å². The molecule has 1 N–H and O–H groups in total. The SMILES string of the molecule is CCC1(C(=O)O)CCN(C(=O)N2CCOC(C)C2)C1. The van der Waals surface area contributed by atoms with Crippen LogP contribution in [0.2, 0.25) is 0 Å². The Kier molecular flexibility index (Phi) is 3.99. The van der Waals surface area contributed by atoms with Gasteiger partial charge in [0, 0.05) is 26.2 Å². The average Bonchev–Trinajstić information content (AvgIpc) is 2.83. The quantitative estimate of drug-likeness (QED) is 0.813. The van der Waals surface area contributed by atoms with Crippen molar-refractivity contribution in [3.63, 3.8) is 0 Å². The number of carbonyl (C=O) groups is 2. The third kappa shape index (κ3) is 2.68. The van der Waals surface area contributed by atoms with Gasteiger partial charge in [0.15, 0.2) is 0 Å². The number of hydrogen-bond acceptors (Lipinski definition) is 3. The fraction of sp³-hybridized carbons (Fsp3) is 0.846. The molecule has 19 heavy (non-hydrogen) atoms. The van der Waals surface area contributed by atoms with E-state index in [1.54, 1.807) is 9.80 Å². The largest absolute Gasteiger partial charge is 0.481 e. The van der Waals surface area contributed by atoms with Crippen molar-refractivity contribution in [3.8, 4) is 0 Å². The summed E-state index contributed by atoms with van der Waals surface area (Å²) in [6.45, 7) is 6.40. The van der Waals surface area contributed by atoms with E-state index in [9.17, 15) is 14.7 Å². The van der Waals surface area contributed by atoms with Gasteiger partial charge in [-0.2, -0.15) is 0 Å². The summed E-state index contributed by atoms with van der Waals surface area (Å²) in [4.78, 5) is 27.2. The maximum Gasteiger partial charge on any atom is 0.320 e. The lowest BCUT2D eigenvalue weighted by molar-refractivity contribution is -0.148. The smallest absolute Gasteiger partial charge is 0.320 e. The molecule has 2 aliphatic heterocycles. The highest BCUT2D eigenvalue weighted by atomic mass is 16.5. The molecule has 2 saturated heterocycles. The Labute approximate surface area is 113 Å². The number of carboxylic acid groups (broad SMARTS) is 1. The Morgan fingerprint density at radius 2 is 2.11 bits per heavy atom. The zero-order chi connectivity index (χ0) is 14.0. The Morgan fingerprint density at radius 3 is 2.63 bits per heavy atom. The Hall–Kier alpha value is -1.30. The van der Waals surface area contributed by atoms with Gasteiger partial charge in [-0.25, -0.2) is 4.79 Å². The number of likely N-dealkylation sites (tertiary alicyclic amines) is 1. The predicted molar refractivity (Wildman–Crippen MR) is 68.9 cm³/mol. The summed E-state index contributed by atoms with van der Waals surface area (Å²) in [5.41, 5.74) is -0.756. The van der Waals surface area contributed by atoms with E-state index < -0.39 is 11.4 Å². The molecule has 0 aromatic rings. The van der Waals surface area contributed by atoms with Gasteiger partial charge in [-0.3, -0.25) is 4.79 Å². The summed E-state index contributed by atoms with van der Waals surface area (Å²) in [5.74, 6) is -0.791. The molecule has 6 heteroatoms. The molecule has 2 heterocycles. The van der Waals surface area contributed by atoms with Gasteiger partial charge in [-0.15, -0.1) is 0 Å².